The van der Waals surface area contributed by atoms with Crippen LogP contribution in [-0.2, 0) is 0 Å². The Hall–Kier alpha value is -0.550. The van der Waals surface area contributed by atoms with Gasteiger partial charge in [-0.05, 0) is 38.8 Å². The van der Waals surface area contributed by atoms with Crippen LogP contribution < -0.4 is 0 Å². The molecule has 0 bridgehead atoms. The zero-order chi connectivity index (χ0) is 16.8. The van der Waals surface area contributed by atoms with Gasteiger partial charge in [-0.15, -0.1) is 11.8 Å². The zero-order valence-electron chi connectivity index (χ0n) is 15.4. The highest BCUT2D eigenvalue weighted by Gasteiger charge is 2.27. The smallest absolute Gasteiger partial charge is 0.0115 e. The summed E-state index contributed by atoms with van der Waals surface area (Å²) in [6.45, 7) is 13.5. The molecule has 2 saturated heterocycles. The molecule has 1 aromatic carbocycles. The average molecular weight is 348 g/mol. The van der Waals surface area contributed by atoms with E-state index in [1.807, 2.05) is 11.8 Å². The lowest BCUT2D eigenvalue weighted by Crippen LogP contribution is -2.49. The van der Waals surface area contributed by atoms with Gasteiger partial charge in [0.1, 0.15) is 0 Å². The summed E-state index contributed by atoms with van der Waals surface area (Å²) in [7, 11) is 0. The lowest BCUT2D eigenvalue weighted by atomic mass is 10.2. The van der Waals surface area contributed by atoms with Gasteiger partial charge in [-0.1, -0.05) is 18.2 Å². The molecule has 2 atom stereocenters. The van der Waals surface area contributed by atoms with E-state index in [-0.39, 0.29) is 0 Å². The molecule has 0 amide bonds. The molecule has 1 aromatic rings. The number of rotatable bonds is 7. The van der Waals surface area contributed by atoms with Gasteiger partial charge in [0.25, 0.3) is 0 Å². The Balaban J connectivity index is 1.30. The lowest BCUT2D eigenvalue weighted by molar-refractivity contribution is 0.113. The molecule has 0 spiro atoms. The van der Waals surface area contributed by atoms with Crippen LogP contribution in [0, 0.1) is 0 Å². The van der Waals surface area contributed by atoms with Crippen molar-refractivity contribution in [2.24, 2.45) is 0 Å². The fraction of sp³-hybridized carbons (Fsp3) is 0.700. The molecule has 3 nitrogen and oxygen atoms in total. The second kappa shape index (κ2) is 9.23. The van der Waals surface area contributed by atoms with E-state index in [1.165, 1.54) is 69.3 Å². The van der Waals surface area contributed by atoms with Crippen LogP contribution in [0.3, 0.4) is 0 Å². The summed E-state index contributed by atoms with van der Waals surface area (Å²) in [5, 5.41) is 0. The van der Waals surface area contributed by atoms with Crippen LogP contribution in [-0.4, -0.2) is 78.3 Å². The first kappa shape index (κ1) is 18.2. The number of hydrogen-bond donors (Lipinski definition) is 0. The normalized spacial score (nSPS) is 26.9. The topological polar surface area (TPSA) is 9.72 Å². The van der Waals surface area contributed by atoms with Gasteiger partial charge in [-0.3, -0.25) is 14.7 Å². The number of hydrogen-bond acceptors (Lipinski definition) is 4. The molecule has 134 valence electrons. The molecule has 0 radical (unpaired) electrons. The molecule has 3 rings (SSSR count). The molecule has 2 fully saturated rings. The van der Waals surface area contributed by atoms with Crippen molar-refractivity contribution in [1.29, 1.82) is 0 Å². The van der Waals surface area contributed by atoms with Gasteiger partial charge in [0.2, 0.25) is 0 Å². The first-order valence-electron chi connectivity index (χ1n) is 9.60. The van der Waals surface area contributed by atoms with Crippen molar-refractivity contribution in [3.63, 3.8) is 0 Å². The van der Waals surface area contributed by atoms with Gasteiger partial charge in [0, 0.05) is 68.5 Å². The van der Waals surface area contributed by atoms with Gasteiger partial charge in [-0.25, -0.2) is 0 Å². The molecule has 0 aromatic heterocycles. The summed E-state index contributed by atoms with van der Waals surface area (Å²) in [5.41, 5.74) is 0. The summed E-state index contributed by atoms with van der Waals surface area (Å²) in [6.07, 6.45) is 2.77. The predicted molar refractivity (Wildman–Crippen MR) is 105 cm³/mol. The Labute approximate surface area is 152 Å². The number of benzene rings is 1. The third-order valence-corrected chi connectivity index (χ3v) is 6.69. The Morgan fingerprint density at radius 2 is 1.42 bits per heavy atom. The molecule has 24 heavy (non-hydrogen) atoms. The number of nitrogens with zero attached hydrogens (tertiary/aromatic N) is 3. The highest BCUT2D eigenvalue weighted by molar-refractivity contribution is 7.99. The number of thioether (sulfide) groups is 1. The molecular formula is C20H33N3S. The molecule has 2 aliphatic heterocycles. The van der Waals surface area contributed by atoms with E-state index in [0.717, 1.165) is 12.1 Å². The minimum Gasteiger partial charge on any atom is -0.300 e. The van der Waals surface area contributed by atoms with Crippen LogP contribution in [0.4, 0.5) is 0 Å². The monoisotopic (exact) mass is 347 g/mol. The first-order valence-corrected chi connectivity index (χ1v) is 10.6. The second-order valence-electron chi connectivity index (χ2n) is 7.36. The Morgan fingerprint density at radius 3 is 2.04 bits per heavy atom. The quantitative estimate of drug-likeness (QED) is 0.700. The van der Waals surface area contributed by atoms with Crippen LogP contribution in [0.2, 0.25) is 0 Å². The molecule has 0 N–H and O–H groups in total. The second-order valence-corrected chi connectivity index (χ2v) is 8.53. The standard InChI is InChI=1S/C20H33N3S/c1-18-8-9-19(2)23(18)15-14-21-10-12-22(13-11-21)16-17-24-20-6-4-3-5-7-20/h3-7,18-19H,8-17H2,1-2H3/t18-,19-/m1/s1. The van der Waals surface area contributed by atoms with Gasteiger partial charge < -0.3 is 0 Å². The molecule has 0 aliphatic carbocycles. The third-order valence-electron chi connectivity index (χ3n) is 5.69. The Bertz CT molecular complexity index is 463. The van der Waals surface area contributed by atoms with Crippen molar-refractivity contribution in [3.05, 3.63) is 30.3 Å². The molecular weight excluding hydrogens is 314 g/mol. The van der Waals surface area contributed by atoms with E-state index in [4.69, 9.17) is 0 Å². The maximum Gasteiger partial charge on any atom is 0.0115 e. The predicted octanol–water partition coefficient (Wildman–Crippen LogP) is 3.27. The first-order chi connectivity index (χ1) is 11.7. The fourth-order valence-corrected chi connectivity index (χ4v) is 4.93. The van der Waals surface area contributed by atoms with Crippen LogP contribution in [0.15, 0.2) is 35.2 Å². The summed E-state index contributed by atoms with van der Waals surface area (Å²) in [4.78, 5) is 9.40. The van der Waals surface area contributed by atoms with Gasteiger partial charge in [-0.2, -0.15) is 0 Å². The van der Waals surface area contributed by atoms with Crippen molar-refractivity contribution in [1.82, 2.24) is 14.7 Å². The van der Waals surface area contributed by atoms with Crippen LogP contribution >= 0.6 is 11.8 Å². The molecule has 0 unspecified atom stereocenters. The van der Waals surface area contributed by atoms with Crippen molar-refractivity contribution in [3.8, 4) is 0 Å². The lowest BCUT2D eigenvalue weighted by Gasteiger charge is -2.36. The minimum atomic E-state index is 0.788. The van der Waals surface area contributed by atoms with Gasteiger partial charge in [0.15, 0.2) is 0 Å². The summed E-state index contributed by atoms with van der Waals surface area (Å²) in [6, 6.07) is 12.3. The molecule has 4 heteroatoms. The van der Waals surface area contributed by atoms with Crippen molar-refractivity contribution >= 4 is 11.8 Å². The van der Waals surface area contributed by atoms with E-state index < -0.39 is 0 Å². The van der Waals surface area contributed by atoms with Gasteiger partial charge in [0.05, 0.1) is 0 Å². The van der Waals surface area contributed by atoms with Crippen molar-refractivity contribution in [2.75, 3.05) is 51.6 Å². The van der Waals surface area contributed by atoms with E-state index in [9.17, 15) is 0 Å². The fourth-order valence-electron chi connectivity index (χ4n) is 3.99. The number of piperazine rings is 1. The summed E-state index contributed by atoms with van der Waals surface area (Å²) >= 11 is 1.98. The largest absolute Gasteiger partial charge is 0.300 e. The van der Waals surface area contributed by atoms with Crippen molar-refractivity contribution in [2.45, 2.75) is 43.7 Å². The molecule has 2 aliphatic rings. The SMILES string of the molecule is C[C@@H]1CC[C@@H](C)N1CCN1CCN(CCSc2ccccc2)CC1. The average Bonchev–Trinajstić information content (AvgIpc) is 2.93. The number of likely N-dealkylation sites (tertiary alicyclic amines) is 1. The maximum absolute atomic E-state index is 2.71. The Morgan fingerprint density at radius 1 is 0.833 bits per heavy atom. The zero-order valence-corrected chi connectivity index (χ0v) is 16.2. The summed E-state index contributed by atoms with van der Waals surface area (Å²) < 4.78 is 0. The van der Waals surface area contributed by atoms with E-state index >= 15 is 0 Å². The minimum absolute atomic E-state index is 0.788. The van der Waals surface area contributed by atoms with Gasteiger partial charge >= 0.3 is 0 Å². The maximum atomic E-state index is 2.71. The molecule has 2 heterocycles. The summed E-state index contributed by atoms with van der Waals surface area (Å²) in [5.74, 6) is 1.20. The molecule has 0 saturated carbocycles. The highest BCUT2D eigenvalue weighted by atomic mass is 32.2. The van der Waals surface area contributed by atoms with Crippen LogP contribution in [0.1, 0.15) is 26.7 Å². The van der Waals surface area contributed by atoms with Crippen LogP contribution in [0.25, 0.3) is 0 Å². The van der Waals surface area contributed by atoms with E-state index in [1.54, 1.807) is 0 Å². The van der Waals surface area contributed by atoms with Crippen molar-refractivity contribution < 1.29 is 0 Å². The van der Waals surface area contributed by atoms with E-state index in [0.29, 0.717) is 0 Å². The Kier molecular flexibility index (Phi) is 7.02. The highest BCUT2D eigenvalue weighted by Crippen LogP contribution is 2.23. The third kappa shape index (κ3) is 5.22. The van der Waals surface area contributed by atoms with E-state index in [2.05, 4.69) is 58.9 Å². The van der Waals surface area contributed by atoms with Crippen LogP contribution in [0.5, 0.6) is 0 Å².